The van der Waals surface area contributed by atoms with Crippen molar-refractivity contribution in [3.63, 3.8) is 0 Å². The first kappa shape index (κ1) is 18.1. The van der Waals surface area contributed by atoms with Crippen molar-refractivity contribution in [2.75, 3.05) is 19.7 Å². The average molecular weight is 385 g/mol. The zero-order valence-electron chi connectivity index (χ0n) is 11.9. The van der Waals surface area contributed by atoms with Gasteiger partial charge in [-0.1, -0.05) is 6.92 Å². The molecule has 0 unspecified atom stereocenters. The van der Waals surface area contributed by atoms with Gasteiger partial charge in [-0.05, 0) is 42.4 Å². The largest absolute Gasteiger partial charge is 0.377 e. The third-order valence-corrected chi connectivity index (χ3v) is 6.10. The molecule has 0 fully saturated rings. The molecule has 116 valence electrons. The van der Waals surface area contributed by atoms with E-state index in [1.54, 1.807) is 6.07 Å². The molecule has 0 bridgehead atoms. The molecular formula is C12H21BrN2O3S2. The van der Waals surface area contributed by atoms with Gasteiger partial charge in [0.05, 0.1) is 16.5 Å². The van der Waals surface area contributed by atoms with Crippen molar-refractivity contribution < 1.29 is 13.2 Å². The minimum Gasteiger partial charge on any atom is -0.377 e. The summed E-state index contributed by atoms with van der Waals surface area (Å²) in [4.78, 5) is 1.28. The quantitative estimate of drug-likeness (QED) is 0.641. The number of halogens is 1. The van der Waals surface area contributed by atoms with Crippen molar-refractivity contribution in [1.29, 1.82) is 0 Å². The Morgan fingerprint density at radius 3 is 2.75 bits per heavy atom. The smallest absolute Gasteiger partial charge is 0.242 e. The predicted octanol–water partition coefficient (Wildman–Crippen LogP) is 2.32. The SMILES string of the molecule is CCNCc1cc(S(=O)(=O)NCCOC(C)C)c(Br)s1. The van der Waals surface area contributed by atoms with E-state index in [1.165, 1.54) is 11.3 Å². The normalized spacial score (nSPS) is 12.2. The molecule has 20 heavy (non-hydrogen) atoms. The van der Waals surface area contributed by atoms with Gasteiger partial charge in [-0.2, -0.15) is 0 Å². The maximum atomic E-state index is 12.2. The van der Waals surface area contributed by atoms with Crippen molar-refractivity contribution in [3.05, 3.63) is 14.7 Å². The Morgan fingerprint density at radius 1 is 1.45 bits per heavy atom. The number of hydrogen-bond acceptors (Lipinski definition) is 5. The lowest BCUT2D eigenvalue weighted by Crippen LogP contribution is -2.28. The van der Waals surface area contributed by atoms with E-state index in [0.717, 1.165) is 11.4 Å². The maximum Gasteiger partial charge on any atom is 0.242 e. The van der Waals surface area contributed by atoms with Crippen LogP contribution in [0.4, 0.5) is 0 Å². The highest BCUT2D eigenvalue weighted by Crippen LogP contribution is 2.31. The molecule has 0 aliphatic rings. The fourth-order valence-corrected chi connectivity index (χ4v) is 5.13. The number of ether oxygens (including phenoxy) is 1. The Hall–Kier alpha value is 0.01000. The summed E-state index contributed by atoms with van der Waals surface area (Å²) in [6.45, 7) is 7.99. The second kappa shape index (κ2) is 8.45. The topological polar surface area (TPSA) is 67.4 Å². The molecule has 0 saturated carbocycles. The van der Waals surface area contributed by atoms with E-state index in [0.29, 0.717) is 21.8 Å². The van der Waals surface area contributed by atoms with Gasteiger partial charge < -0.3 is 10.1 Å². The molecule has 0 amide bonds. The monoisotopic (exact) mass is 384 g/mol. The third-order valence-electron chi connectivity index (χ3n) is 2.39. The van der Waals surface area contributed by atoms with E-state index in [2.05, 4.69) is 26.0 Å². The van der Waals surface area contributed by atoms with Gasteiger partial charge in [-0.25, -0.2) is 13.1 Å². The van der Waals surface area contributed by atoms with E-state index < -0.39 is 10.0 Å². The van der Waals surface area contributed by atoms with Crippen LogP contribution in [0.5, 0.6) is 0 Å². The Kier molecular flexibility index (Phi) is 7.63. The van der Waals surface area contributed by atoms with Crippen LogP contribution in [0.25, 0.3) is 0 Å². The predicted molar refractivity (Wildman–Crippen MR) is 85.7 cm³/mol. The fourth-order valence-electron chi connectivity index (χ4n) is 1.46. The summed E-state index contributed by atoms with van der Waals surface area (Å²) >= 11 is 4.75. The van der Waals surface area contributed by atoms with Crippen LogP contribution in [-0.4, -0.2) is 34.2 Å². The zero-order chi connectivity index (χ0) is 15.2. The molecule has 0 aromatic carbocycles. The third kappa shape index (κ3) is 5.79. The molecule has 0 radical (unpaired) electrons. The summed E-state index contributed by atoms with van der Waals surface area (Å²) < 4.78 is 32.8. The standard InChI is InChI=1S/C12H21BrN2O3S2/c1-4-14-8-10-7-11(12(13)19-10)20(16,17)15-5-6-18-9(2)3/h7,9,14-15H,4-6,8H2,1-3H3. The summed E-state index contributed by atoms with van der Waals surface area (Å²) in [5, 5.41) is 3.18. The molecule has 1 heterocycles. The van der Waals surface area contributed by atoms with Crippen LogP contribution in [0, 0.1) is 0 Å². The summed E-state index contributed by atoms with van der Waals surface area (Å²) in [5.74, 6) is 0. The highest BCUT2D eigenvalue weighted by molar-refractivity contribution is 9.11. The van der Waals surface area contributed by atoms with Crippen LogP contribution in [-0.2, 0) is 21.3 Å². The van der Waals surface area contributed by atoms with E-state index in [1.807, 2.05) is 20.8 Å². The zero-order valence-corrected chi connectivity index (χ0v) is 15.1. The van der Waals surface area contributed by atoms with Gasteiger partial charge in [0.15, 0.2) is 0 Å². The second-order valence-corrected chi connectivity index (χ2v) is 8.64. The Morgan fingerprint density at radius 2 is 2.15 bits per heavy atom. The number of hydrogen-bond donors (Lipinski definition) is 2. The first-order valence-corrected chi connectivity index (χ1v) is 9.56. The molecule has 8 heteroatoms. The van der Waals surface area contributed by atoms with Gasteiger partial charge in [-0.15, -0.1) is 11.3 Å². The molecule has 0 saturated heterocycles. The molecule has 1 aromatic rings. The lowest BCUT2D eigenvalue weighted by molar-refractivity contribution is 0.0834. The van der Waals surface area contributed by atoms with Crippen LogP contribution < -0.4 is 10.0 Å². The van der Waals surface area contributed by atoms with Crippen molar-refractivity contribution >= 4 is 37.3 Å². The average Bonchev–Trinajstić information content (AvgIpc) is 2.74. The number of sulfonamides is 1. The van der Waals surface area contributed by atoms with E-state index in [-0.39, 0.29) is 12.6 Å². The molecule has 2 N–H and O–H groups in total. The van der Waals surface area contributed by atoms with Crippen molar-refractivity contribution in [2.45, 2.75) is 38.3 Å². The molecule has 1 aromatic heterocycles. The maximum absolute atomic E-state index is 12.2. The molecule has 0 atom stereocenters. The van der Waals surface area contributed by atoms with Gasteiger partial charge >= 0.3 is 0 Å². The van der Waals surface area contributed by atoms with Crippen molar-refractivity contribution in [3.8, 4) is 0 Å². The van der Waals surface area contributed by atoms with Crippen LogP contribution in [0.2, 0.25) is 0 Å². The van der Waals surface area contributed by atoms with Gasteiger partial charge in [-0.3, -0.25) is 0 Å². The van der Waals surface area contributed by atoms with E-state index >= 15 is 0 Å². The summed E-state index contributed by atoms with van der Waals surface area (Å²) in [6.07, 6.45) is 0.0964. The molecular weight excluding hydrogens is 364 g/mol. The summed E-state index contributed by atoms with van der Waals surface area (Å²) in [7, 11) is -3.49. The first-order valence-electron chi connectivity index (χ1n) is 6.47. The highest BCUT2D eigenvalue weighted by Gasteiger charge is 2.20. The van der Waals surface area contributed by atoms with Gasteiger partial charge in [0.1, 0.15) is 4.90 Å². The van der Waals surface area contributed by atoms with Gasteiger partial charge in [0.2, 0.25) is 10.0 Å². The first-order chi connectivity index (χ1) is 9.36. The Labute approximate surface area is 133 Å². The lowest BCUT2D eigenvalue weighted by atomic mass is 10.4. The number of thiophene rings is 1. The summed E-state index contributed by atoms with van der Waals surface area (Å²) in [6, 6.07) is 1.70. The number of nitrogens with one attached hydrogen (secondary N) is 2. The van der Waals surface area contributed by atoms with Crippen LogP contribution in [0.1, 0.15) is 25.6 Å². The van der Waals surface area contributed by atoms with E-state index in [9.17, 15) is 8.42 Å². The minimum absolute atomic E-state index is 0.0964. The van der Waals surface area contributed by atoms with Crippen LogP contribution in [0.15, 0.2) is 14.7 Å². The fraction of sp³-hybridized carbons (Fsp3) is 0.667. The Balaban J connectivity index is 2.64. The summed E-state index contributed by atoms with van der Waals surface area (Å²) in [5.41, 5.74) is 0. The highest BCUT2D eigenvalue weighted by atomic mass is 79.9. The number of rotatable bonds is 9. The van der Waals surface area contributed by atoms with Crippen molar-refractivity contribution in [1.82, 2.24) is 10.0 Å². The van der Waals surface area contributed by atoms with E-state index in [4.69, 9.17) is 4.74 Å². The molecule has 0 aliphatic carbocycles. The van der Waals surface area contributed by atoms with Gasteiger partial charge in [0.25, 0.3) is 0 Å². The molecule has 0 aliphatic heterocycles. The van der Waals surface area contributed by atoms with Gasteiger partial charge in [0, 0.05) is 18.0 Å². The molecule has 1 rings (SSSR count). The second-order valence-electron chi connectivity index (χ2n) is 4.45. The minimum atomic E-state index is -3.49. The van der Waals surface area contributed by atoms with Crippen molar-refractivity contribution in [2.24, 2.45) is 0 Å². The molecule has 5 nitrogen and oxygen atoms in total. The van der Waals surface area contributed by atoms with Crippen LogP contribution >= 0.6 is 27.3 Å². The van der Waals surface area contributed by atoms with Crippen LogP contribution in [0.3, 0.4) is 0 Å². The Bertz CT molecular complexity index is 515. The molecule has 0 spiro atoms. The lowest BCUT2D eigenvalue weighted by Gasteiger charge is -2.08.